The van der Waals surface area contributed by atoms with Crippen molar-refractivity contribution in [1.29, 1.82) is 0 Å². The zero-order valence-electron chi connectivity index (χ0n) is 35.9. The van der Waals surface area contributed by atoms with Crippen molar-refractivity contribution in [2.24, 2.45) is 0 Å². The van der Waals surface area contributed by atoms with Gasteiger partial charge in [-0.25, -0.2) is 9.97 Å². The number of hydrogen-bond donors (Lipinski definition) is 7. The van der Waals surface area contributed by atoms with E-state index in [2.05, 4.69) is 31.6 Å². The summed E-state index contributed by atoms with van der Waals surface area (Å²) in [5.74, 6) is -2.70. The lowest BCUT2D eigenvalue weighted by Crippen LogP contribution is -2.54. The zero-order chi connectivity index (χ0) is 46.3. The summed E-state index contributed by atoms with van der Waals surface area (Å²) in [5, 5.41) is 35.0. The maximum absolute atomic E-state index is 13.2. The first-order valence-corrected chi connectivity index (χ1v) is 22.0. The molecule has 20 nitrogen and oxygen atoms in total. The van der Waals surface area contributed by atoms with Gasteiger partial charge in [0.15, 0.2) is 6.61 Å². The minimum absolute atomic E-state index is 0.000493. The van der Waals surface area contributed by atoms with Crippen molar-refractivity contribution in [1.82, 2.24) is 36.1 Å². The normalized spacial score (nSPS) is 20.1. The van der Waals surface area contributed by atoms with Crippen LogP contribution in [0.5, 0.6) is 11.5 Å². The van der Waals surface area contributed by atoms with E-state index in [0.29, 0.717) is 54.0 Å². The number of aliphatic hydroxyl groups is 1. The van der Waals surface area contributed by atoms with Crippen molar-refractivity contribution < 1.29 is 57.8 Å². The summed E-state index contributed by atoms with van der Waals surface area (Å²) < 4.78 is 17.6. The molecule has 1 saturated heterocycles. The smallest absolute Gasteiger partial charge is 0.488 e. The topological polar surface area (TPSA) is 277 Å². The van der Waals surface area contributed by atoms with Crippen molar-refractivity contribution in [2.45, 2.75) is 88.6 Å². The molecule has 2 atom stereocenters. The second-order valence-electron chi connectivity index (χ2n) is 16.5. The number of piperidine rings is 1. The molecule has 1 aromatic heterocycles. The Bertz CT molecular complexity index is 2550. The number of carbonyl (C=O) groups is 7. The van der Waals surface area contributed by atoms with Crippen LogP contribution in [0.4, 0.5) is 11.6 Å². The molecule has 4 aromatic rings. The van der Waals surface area contributed by atoms with Crippen LogP contribution < -0.4 is 41.5 Å². The Labute approximate surface area is 378 Å². The average Bonchev–Trinajstić information content (AvgIpc) is 3.76. The highest BCUT2D eigenvalue weighted by atomic mass is 16.5. The van der Waals surface area contributed by atoms with Gasteiger partial charge in [-0.15, -0.1) is 0 Å². The Morgan fingerprint density at radius 1 is 0.864 bits per heavy atom. The lowest BCUT2D eigenvalue weighted by molar-refractivity contribution is -0.136. The van der Waals surface area contributed by atoms with Crippen LogP contribution in [0.25, 0.3) is 10.9 Å². The van der Waals surface area contributed by atoms with Gasteiger partial charge in [-0.1, -0.05) is 24.3 Å². The molecule has 66 heavy (non-hydrogen) atoms. The lowest BCUT2D eigenvalue weighted by atomic mass is 9.79. The van der Waals surface area contributed by atoms with Gasteiger partial charge in [-0.05, 0) is 86.3 Å². The Morgan fingerprint density at radius 2 is 1.61 bits per heavy atom. The number of nitrogens with zero attached hydrogens (tertiary/aromatic N) is 3. The summed E-state index contributed by atoms with van der Waals surface area (Å²) in [6, 6.07) is 14.3. The quantitative estimate of drug-likeness (QED) is 0.0420. The van der Waals surface area contributed by atoms with Gasteiger partial charge in [0.2, 0.25) is 29.6 Å². The van der Waals surface area contributed by atoms with E-state index in [-0.39, 0.29) is 86.2 Å². The molecule has 4 aliphatic rings. The van der Waals surface area contributed by atoms with Crippen molar-refractivity contribution in [2.75, 3.05) is 31.6 Å². The van der Waals surface area contributed by atoms with Gasteiger partial charge in [0.25, 0.3) is 17.7 Å². The molecule has 3 aromatic carbocycles. The van der Waals surface area contributed by atoms with E-state index >= 15 is 0 Å². The predicted octanol–water partition coefficient (Wildman–Crippen LogP) is 1.20. The first kappa shape index (κ1) is 45.6. The summed E-state index contributed by atoms with van der Waals surface area (Å²) in [6.45, 7) is 0.130. The number of para-hydroxylation sites is 1. The fourth-order valence-electron chi connectivity index (χ4n) is 8.41. The van der Waals surface area contributed by atoms with Crippen LogP contribution in [0, 0.1) is 0 Å². The van der Waals surface area contributed by atoms with Gasteiger partial charge < -0.3 is 45.5 Å². The van der Waals surface area contributed by atoms with E-state index in [1.807, 2.05) is 30.3 Å². The van der Waals surface area contributed by atoms with Gasteiger partial charge in [-0.2, -0.15) is 0 Å². The van der Waals surface area contributed by atoms with Crippen LogP contribution in [0.3, 0.4) is 0 Å². The maximum atomic E-state index is 13.2. The number of carbonyl (C=O) groups excluding carboxylic acids is 7. The van der Waals surface area contributed by atoms with E-state index in [0.717, 1.165) is 28.7 Å². The van der Waals surface area contributed by atoms with Crippen LogP contribution in [0.2, 0.25) is 0 Å². The molecular formula is C45H49BN8O12. The molecule has 4 heterocycles. The summed E-state index contributed by atoms with van der Waals surface area (Å²) in [7, 11) is -1.21. The van der Waals surface area contributed by atoms with Gasteiger partial charge in [0.05, 0.1) is 29.4 Å². The second-order valence-corrected chi connectivity index (χ2v) is 16.5. The number of amides is 7. The molecular weight excluding hydrogens is 855 g/mol. The Morgan fingerprint density at radius 3 is 2.39 bits per heavy atom. The Hall–Kier alpha value is -6.97. The minimum atomic E-state index is -1.21. The van der Waals surface area contributed by atoms with E-state index in [1.165, 1.54) is 18.2 Å². The first-order chi connectivity index (χ1) is 31.9. The largest absolute Gasteiger partial charge is 0.492 e. The van der Waals surface area contributed by atoms with Gasteiger partial charge >= 0.3 is 7.12 Å². The number of benzene rings is 3. The standard InChI is InChI=1S/C45H49BN8O12/c55-27-12-14-28(15-13-27)65-34-8-1-5-25-22-50-45(53-41(25)34)51-26-11-16-29-31(21-26)46(63)66-35(29)23-49-37(57)10-3-9-36(56)47-19-4-20-48-39(59)24-64-33-7-2-6-30-40(33)44(62)54(43(30)61)32-17-18-38(58)52-42(32)60/h1-2,5-8,11,16,21-22,27-28,32,35,55,63H,3-4,9-10,12-15,17-20,23-24H2,(H,47,56)(H,48,59)(H,49,57)(H,50,51,53)(H,52,58,60). The number of rotatable bonds is 18. The van der Waals surface area contributed by atoms with Gasteiger partial charge in [0, 0.05) is 56.2 Å². The van der Waals surface area contributed by atoms with Crippen molar-refractivity contribution in [3.8, 4) is 11.5 Å². The number of anilines is 2. The number of ether oxygens (including phenoxy) is 2. The van der Waals surface area contributed by atoms with Crippen molar-refractivity contribution in [3.63, 3.8) is 0 Å². The molecule has 344 valence electrons. The molecule has 7 amide bonds. The van der Waals surface area contributed by atoms with E-state index in [9.17, 15) is 43.7 Å². The van der Waals surface area contributed by atoms with E-state index in [4.69, 9.17) is 19.1 Å². The Balaban J connectivity index is 0.711. The second kappa shape index (κ2) is 20.5. The van der Waals surface area contributed by atoms with Crippen LogP contribution in [0.15, 0.2) is 60.8 Å². The van der Waals surface area contributed by atoms with Crippen LogP contribution in [0.1, 0.15) is 96.6 Å². The summed E-state index contributed by atoms with van der Waals surface area (Å²) in [6.07, 6.45) is 4.67. The average molecular weight is 905 g/mol. The fraction of sp³-hybridized carbons (Fsp3) is 0.400. The predicted molar refractivity (Wildman–Crippen MR) is 236 cm³/mol. The lowest BCUT2D eigenvalue weighted by Gasteiger charge is -2.27. The summed E-state index contributed by atoms with van der Waals surface area (Å²) in [4.78, 5) is 97.7. The highest BCUT2D eigenvalue weighted by molar-refractivity contribution is 6.62. The molecule has 21 heteroatoms. The SMILES string of the molecule is O=C(CCCC(=O)NCC1OB(O)c2cc(Nc3ncc4cccc(OC5CCC(O)CC5)c4n3)ccc21)NCCCNC(=O)COc1cccc2c1C(=O)N(C1CCC(=O)NC1=O)C2=O. The van der Waals surface area contributed by atoms with Crippen LogP contribution >= 0.6 is 0 Å². The summed E-state index contributed by atoms with van der Waals surface area (Å²) in [5.41, 5.74) is 2.52. The first-order valence-electron chi connectivity index (χ1n) is 22.0. The molecule has 2 unspecified atom stereocenters. The molecule has 0 radical (unpaired) electrons. The number of aliphatic hydroxyl groups excluding tert-OH is 1. The van der Waals surface area contributed by atoms with Crippen molar-refractivity contribution in [3.05, 3.63) is 77.5 Å². The highest BCUT2D eigenvalue weighted by Gasteiger charge is 2.46. The number of imide groups is 2. The molecule has 2 fully saturated rings. The number of nitrogens with one attached hydrogen (secondary N) is 5. The third kappa shape index (κ3) is 10.6. The van der Waals surface area contributed by atoms with Crippen LogP contribution in [-0.2, 0) is 28.6 Å². The molecule has 7 N–H and O–H groups in total. The maximum Gasteiger partial charge on any atom is 0.492 e. The molecule has 8 rings (SSSR count). The highest BCUT2D eigenvalue weighted by Crippen LogP contribution is 2.34. The number of hydrogen-bond acceptors (Lipinski definition) is 15. The third-order valence-corrected chi connectivity index (χ3v) is 11.8. The van der Waals surface area contributed by atoms with E-state index < -0.39 is 55.4 Å². The Kier molecular flexibility index (Phi) is 14.1. The monoisotopic (exact) mass is 904 g/mol. The fourth-order valence-corrected chi connectivity index (χ4v) is 8.41. The van der Waals surface area contributed by atoms with Gasteiger partial charge in [0.1, 0.15) is 23.1 Å². The molecule has 3 aliphatic heterocycles. The number of fused-ring (bicyclic) bond motifs is 3. The molecule has 1 aliphatic carbocycles. The molecule has 0 spiro atoms. The molecule has 0 bridgehead atoms. The minimum Gasteiger partial charge on any atom is -0.488 e. The zero-order valence-corrected chi connectivity index (χ0v) is 35.9. The van der Waals surface area contributed by atoms with E-state index in [1.54, 1.807) is 12.3 Å². The van der Waals surface area contributed by atoms with Crippen LogP contribution in [-0.4, -0.2) is 118 Å². The number of aromatic nitrogens is 2. The molecule has 1 saturated carbocycles. The van der Waals surface area contributed by atoms with Crippen molar-refractivity contribution >= 4 is 76.5 Å². The summed E-state index contributed by atoms with van der Waals surface area (Å²) >= 11 is 0. The van der Waals surface area contributed by atoms with Gasteiger partial charge in [-0.3, -0.25) is 43.8 Å². The third-order valence-electron chi connectivity index (χ3n) is 11.8.